The number of pyridine rings is 1. The molecule has 2 saturated heterocycles. The number of primary amides is 1. The first kappa shape index (κ1) is 25.6. The molecule has 2 fully saturated rings. The monoisotopic (exact) mass is 495 g/mol. The highest BCUT2D eigenvalue weighted by molar-refractivity contribution is 6.02. The van der Waals surface area contributed by atoms with Crippen molar-refractivity contribution < 1.29 is 18.8 Å². The number of piperidine rings is 1. The van der Waals surface area contributed by atoms with Gasteiger partial charge < -0.3 is 21.3 Å². The normalized spacial score (nSPS) is 20.9. The molecule has 0 radical (unpaired) electrons. The van der Waals surface area contributed by atoms with Gasteiger partial charge in [0.2, 0.25) is 0 Å². The topological polar surface area (TPSA) is 117 Å². The van der Waals surface area contributed by atoms with E-state index in [-0.39, 0.29) is 41.1 Å². The summed E-state index contributed by atoms with van der Waals surface area (Å²) in [6.07, 6.45) is 6.63. The lowest BCUT2D eigenvalue weighted by molar-refractivity contribution is 0.0920. The van der Waals surface area contributed by atoms with Crippen molar-refractivity contribution in [1.29, 1.82) is 0 Å². The molecule has 2 aromatic rings. The van der Waals surface area contributed by atoms with Crippen LogP contribution in [0.4, 0.5) is 15.9 Å². The highest BCUT2D eigenvalue weighted by Crippen LogP contribution is 2.38. The van der Waals surface area contributed by atoms with Gasteiger partial charge in [0.05, 0.1) is 11.1 Å². The first-order valence-electron chi connectivity index (χ1n) is 12.7. The third-order valence-corrected chi connectivity index (χ3v) is 7.45. The van der Waals surface area contributed by atoms with Gasteiger partial charge in [-0.3, -0.25) is 14.4 Å². The van der Waals surface area contributed by atoms with Crippen molar-refractivity contribution in [1.82, 2.24) is 10.3 Å². The Kier molecular flexibility index (Phi) is 7.56. The minimum atomic E-state index is -0.772. The zero-order valence-corrected chi connectivity index (χ0v) is 21.0. The van der Waals surface area contributed by atoms with Gasteiger partial charge in [0, 0.05) is 41.6 Å². The number of fused-ring (bicyclic) bond motifs is 2. The minimum Gasteiger partial charge on any atom is -0.382 e. The number of aromatic nitrogens is 1. The summed E-state index contributed by atoms with van der Waals surface area (Å²) in [7, 11) is 0. The molecule has 4 rings (SSSR count). The molecule has 0 aliphatic carbocycles. The predicted molar refractivity (Wildman–Crippen MR) is 137 cm³/mol. The lowest BCUT2D eigenvalue weighted by atomic mass is 9.96. The number of hydrogen-bond acceptors (Lipinski definition) is 6. The Balaban J connectivity index is 1.48. The Labute approximate surface area is 210 Å². The molecule has 8 nitrogen and oxygen atoms in total. The highest BCUT2D eigenvalue weighted by Gasteiger charge is 2.42. The number of hydrogen-bond donors (Lipinski definition) is 3. The van der Waals surface area contributed by atoms with Gasteiger partial charge in [-0.1, -0.05) is 13.8 Å². The van der Waals surface area contributed by atoms with Crippen molar-refractivity contribution in [3.8, 4) is 0 Å². The van der Waals surface area contributed by atoms with Crippen LogP contribution in [0.5, 0.6) is 0 Å². The van der Waals surface area contributed by atoms with Crippen LogP contribution in [-0.2, 0) is 0 Å². The van der Waals surface area contributed by atoms with E-state index in [1.807, 2.05) is 19.9 Å². The summed E-state index contributed by atoms with van der Waals surface area (Å²) in [5.41, 5.74) is 6.34. The van der Waals surface area contributed by atoms with Crippen molar-refractivity contribution >= 4 is 29.1 Å². The van der Waals surface area contributed by atoms with Crippen LogP contribution in [0.3, 0.4) is 0 Å². The Morgan fingerprint density at radius 1 is 1.11 bits per heavy atom. The molecular formula is C27H34FN5O3. The van der Waals surface area contributed by atoms with Gasteiger partial charge in [0.15, 0.2) is 5.78 Å². The quantitative estimate of drug-likeness (QED) is 0.452. The van der Waals surface area contributed by atoms with Crippen molar-refractivity contribution in [3.63, 3.8) is 0 Å². The van der Waals surface area contributed by atoms with Crippen LogP contribution in [0.15, 0.2) is 30.5 Å². The fourth-order valence-electron chi connectivity index (χ4n) is 5.46. The summed E-state index contributed by atoms with van der Waals surface area (Å²) in [4.78, 5) is 43.4. The number of nitrogens with zero attached hydrogens (tertiary/aromatic N) is 2. The van der Waals surface area contributed by atoms with Gasteiger partial charge in [0.1, 0.15) is 11.6 Å². The van der Waals surface area contributed by atoms with E-state index in [9.17, 15) is 18.8 Å². The van der Waals surface area contributed by atoms with Crippen molar-refractivity contribution in [3.05, 3.63) is 53.0 Å². The number of nitrogens with two attached hydrogens (primary N) is 1. The average molecular weight is 496 g/mol. The van der Waals surface area contributed by atoms with E-state index in [1.54, 1.807) is 12.3 Å². The van der Waals surface area contributed by atoms with Crippen LogP contribution in [0.25, 0.3) is 0 Å². The molecule has 2 aliphatic rings. The van der Waals surface area contributed by atoms with E-state index in [4.69, 9.17) is 5.73 Å². The number of anilines is 2. The molecule has 2 unspecified atom stereocenters. The molecule has 4 N–H and O–H groups in total. The summed E-state index contributed by atoms with van der Waals surface area (Å²) in [6, 6.07) is 6.50. The fraction of sp³-hybridized carbons (Fsp3) is 0.481. The Bertz CT molecular complexity index is 1130. The highest BCUT2D eigenvalue weighted by atomic mass is 19.1. The number of Topliss-reactive ketones (excluding diaryl/α,β-unsaturated/α-hetero) is 1. The maximum atomic E-state index is 14.9. The van der Waals surface area contributed by atoms with E-state index in [0.717, 1.165) is 50.4 Å². The first-order valence-corrected chi connectivity index (χ1v) is 12.7. The van der Waals surface area contributed by atoms with E-state index in [2.05, 4.69) is 20.5 Å². The SMILES string of the molecule is CCC(CC)Nc1cc(C(=O)NC2CC3CCC(C2)N3c2ccc(C(C)=O)cn2)c(F)cc1C(N)=O. The third-order valence-electron chi connectivity index (χ3n) is 7.45. The lowest BCUT2D eigenvalue weighted by Crippen LogP contribution is -2.51. The minimum absolute atomic E-state index is 0.0206. The van der Waals surface area contributed by atoms with Gasteiger partial charge in [-0.05, 0) is 69.7 Å². The smallest absolute Gasteiger partial charge is 0.254 e. The van der Waals surface area contributed by atoms with Crippen molar-refractivity contribution in [2.24, 2.45) is 5.73 Å². The van der Waals surface area contributed by atoms with Crippen LogP contribution in [0.1, 0.15) is 90.4 Å². The van der Waals surface area contributed by atoms with E-state index in [0.29, 0.717) is 11.3 Å². The molecule has 1 aromatic carbocycles. The summed E-state index contributed by atoms with van der Waals surface area (Å²) in [6.45, 7) is 5.54. The molecule has 0 spiro atoms. The third kappa shape index (κ3) is 5.20. The van der Waals surface area contributed by atoms with Crippen molar-refractivity contribution in [2.75, 3.05) is 10.2 Å². The summed E-state index contributed by atoms with van der Waals surface area (Å²) < 4.78 is 14.9. The van der Waals surface area contributed by atoms with Gasteiger partial charge in [-0.2, -0.15) is 0 Å². The number of benzene rings is 1. The largest absolute Gasteiger partial charge is 0.382 e. The lowest BCUT2D eigenvalue weighted by Gasteiger charge is -2.40. The number of rotatable bonds is 9. The Hall–Kier alpha value is -3.49. The Morgan fingerprint density at radius 3 is 2.31 bits per heavy atom. The zero-order valence-electron chi connectivity index (χ0n) is 21.0. The van der Waals surface area contributed by atoms with E-state index in [1.165, 1.54) is 13.0 Å². The molecule has 2 amide bonds. The number of carbonyl (C=O) groups excluding carboxylic acids is 3. The van der Waals surface area contributed by atoms with Crippen LogP contribution in [-0.4, -0.2) is 46.7 Å². The standard InChI is InChI=1S/C27H34FN5O3/c1-4-17(5-2)31-24-13-21(23(28)12-22(24)26(29)35)27(36)32-18-10-19-7-8-20(11-18)33(19)25-9-6-16(14-30-25)15(3)34/h6,9,12-14,17-20,31H,4-5,7-8,10-11H2,1-3H3,(H2,29,35)(H,32,36). The van der Waals surface area contributed by atoms with E-state index >= 15 is 0 Å². The molecule has 36 heavy (non-hydrogen) atoms. The van der Waals surface area contributed by atoms with Crippen molar-refractivity contribution in [2.45, 2.75) is 83.5 Å². The molecule has 2 aliphatic heterocycles. The summed E-state index contributed by atoms with van der Waals surface area (Å²) >= 11 is 0. The molecular weight excluding hydrogens is 461 g/mol. The summed E-state index contributed by atoms with van der Waals surface area (Å²) in [5, 5.41) is 6.25. The van der Waals surface area contributed by atoms with Gasteiger partial charge in [-0.15, -0.1) is 0 Å². The Morgan fingerprint density at radius 2 is 1.78 bits per heavy atom. The first-order chi connectivity index (χ1) is 17.2. The second-order valence-electron chi connectivity index (χ2n) is 9.79. The van der Waals surface area contributed by atoms with Crippen LogP contribution in [0, 0.1) is 5.82 Å². The molecule has 1 aromatic heterocycles. The molecule has 2 atom stereocenters. The molecule has 3 heterocycles. The number of halogens is 1. The second kappa shape index (κ2) is 10.6. The molecule has 0 saturated carbocycles. The maximum absolute atomic E-state index is 14.9. The van der Waals surface area contributed by atoms with Gasteiger partial charge >= 0.3 is 0 Å². The zero-order chi connectivity index (χ0) is 26.0. The van der Waals surface area contributed by atoms with E-state index < -0.39 is 17.6 Å². The van der Waals surface area contributed by atoms with Crippen LogP contribution >= 0.6 is 0 Å². The van der Waals surface area contributed by atoms with Crippen LogP contribution < -0.4 is 21.3 Å². The van der Waals surface area contributed by atoms with Gasteiger partial charge in [0.25, 0.3) is 11.8 Å². The predicted octanol–water partition coefficient (Wildman–Crippen LogP) is 4.05. The fourth-order valence-corrected chi connectivity index (χ4v) is 5.46. The molecule has 2 bridgehead atoms. The number of carbonyl (C=O) groups is 3. The van der Waals surface area contributed by atoms with Gasteiger partial charge in [-0.25, -0.2) is 9.37 Å². The second-order valence-corrected chi connectivity index (χ2v) is 9.79. The number of nitrogens with one attached hydrogen (secondary N) is 2. The number of ketones is 1. The average Bonchev–Trinajstić information content (AvgIpc) is 3.12. The maximum Gasteiger partial charge on any atom is 0.254 e. The molecule has 192 valence electrons. The number of amides is 2. The summed E-state index contributed by atoms with van der Waals surface area (Å²) in [5.74, 6) is -1.21. The van der Waals surface area contributed by atoms with Crippen LogP contribution in [0.2, 0.25) is 0 Å². The molecule has 9 heteroatoms.